The zero-order valence-corrected chi connectivity index (χ0v) is 12.8. The molecule has 20 heavy (non-hydrogen) atoms. The van der Waals surface area contributed by atoms with Crippen LogP contribution in [-0.4, -0.2) is 23.0 Å². The third kappa shape index (κ3) is 3.61. The van der Waals surface area contributed by atoms with Gasteiger partial charge < -0.3 is 10.0 Å². The average molecular weight is 334 g/mol. The maximum atomic E-state index is 12.3. The smallest absolute Gasteiger partial charge is 0.253 e. The van der Waals surface area contributed by atoms with Gasteiger partial charge in [-0.05, 0) is 35.4 Å². The fraction of sp³-hybridized carbons (Fsp3) is 0.188. The van der Waals surface area contributed by atoms with E-state index in [1.165, 1.54) is 0 Å². The van der Waals surface area contributed by atoms with Crippen LogP contribution >= 0.6 is 15.9 Å². The molecule has 0 heterocycles. The van der Waals surface area contributed by atoms with Crippen molar-refractivity contribution in [2.75, 3.05) is 7.05 Å². The number of aromatic hydroxyl groups is 1. The highest BCUT2D eigenvalue weighted by Crippen LogP contribution is 2.14. The Morgan fingerprint density at radius 2 is 1.60 bits per heavy atom. The number of amides is 1. The summed E-state index contributed by atoms with van der Waals surface area (Å²) in [5, 5.41) is 10.0. The van der Waals surface area contributed by atoms with Crippen LogP contribution < -0.4 is 0 Å². The number of phenolic OH excluding ortho intramolecular Hbond substituents is 1. The first-order chi connectivity index (χ1) is 9.60. The first-order valence-corrected chi connectivity index (χ1v) is 7.40. The van der Waals surface area contributed by atoms with Crippen LogP contribution in [0.3, 0.4) is 0 Å². The number of phenols is 1. The molecule has 104 valence electrons. The van der Waals surface area contributed by atoms with E-state index >= 15 is 0 Å². The summed E-state index contributed by atoms with van der Waals surface area (Å²) in [6.07, 6.45) is 0. The molecule has 0 fully saturated rings. The van der Waals surface area contributed by atoms with Crippen molar-refractivity contribution in [2.45, 2.75) is 11.9 Å². The Bertz CT molecular complexity index is 578. The number of hydrogen-bond acceptors (Lipinski definition) is 2. The van der Waals surface area contributed by atoms with Crippen molar-refractivity contribution in [3.63, 3.8) is 0 Å². The molecule has 0 aliphatic carbocycles. The number of nitrogens with zero attached hydrogens (tertiary/aromatic N) is 1. The average Bonchev–Trinajstić information content (AvgIpc) is 2.49. The summed E-state index contributed by atoms with van der Waals surface area (Å²) in [5.41, 5.74) is 2.80. The van der Waals surface area contributed by atoms with Crippen molar-refractivity contribution in [1.29, 1.82) is 0 Å². The van der Waals surface area contributed by atoms with Crippen molar-refractivity contribution in [3.8, 4) is 5.75 Å². The molecule has 1 N–H and O–H groups in total. The lowest BCUT2D eigenvalue weighted by Crippen LogP contribution is -2.26. The molecule has 0 aliphatic heterocycles. The van der Waals surface area contributed by atoms with E-state index in [0.717, 1.165) is 16.5 Å². The van der Waals surface area contributed by atoms with E-state index in [4.69, 9.17) is 0 Å². The second-order valence-corrected chi connectivity index (χ2v) is 5.22. The van der Waals surface area contributed by atoms with E-state index < -0.39 is 0 Å². The number of benzene rings is 2. The molecule has 0 radical (unpaired) electrons. The van der Waals surface area contributed by atoms with Gasteiger partial charge in [-0.3, -0.25) is 4.79 Å². The first kappa shape index (κ1) is 14.6. The van der Waals surface area contributed by atoms with Crippen LogP contribution in [0.5, 0.6) is 5.75 Å². The summed E-state index contributed by atoms with van der Waals surface area (Å²) >= 11 is 3.38. The third-order valence-corrected chi connectivity index (χ3v) is 3.71. The Labute approximate surface area is 127 Å². The fourth-order valence-corrected chi connectivity index (χ4v) is 2.28. The molecular weight excluding hydrogens is 318 g/mol. The normalized spacial score (nSPS) is 10.3. The standard InChI is InChI=1S/C16H16BrNO2/c1-18(11-13-4-8-15(19)9-5-13)16(20)14-6-2-12(10-17)3-7-14/h2-9,19H,10-11H2,1H3. The molecule has 0 atom stereocenters. The Morgan fingerprint density at radius 3 is 2.15 bits per heavy atom. The van der Waals surface area contributed by atoms with Gasteiger partial charge in [0.2, 0.25) is 0 Å². The molecule has 0 saturated carbocycles. The van der Waals surface area contributed by atoms with E-state index in [0.29, 0.717) is 12.1 Å². The van der Waals surface area contributed by atoms with E-state index in [9.17, 15) is 9.90 Å². The highest BCUT2D eigenvalue weighted by molar-refractivity contribution is 9.08. The maximum Gasteiger partial charge on any atom is 0.253 e. The number of hydrogen-bond donors (Lipinski definition) is 1. The van der Waals surface area contributed by atoms with E-state index in [1.54, 1.807) is 24.1 Å². The summed E-state index contributed by atoms with van der Waals surface area (Å²) < 4.78 is 0. The van der Waals surface area contributed by atoms with Crippen LogP contribution in [-0.2, 0) is 11.9 Å². The molecule has 0 bridgehead atoms. The van der Waals surface area contributed by atoms with Gasteiger partial charge >= 0.3 is 0 Å². The van der Waals surface area contributed by atoms with Crippen LogP contribution in [0.2, 0.25) is 0 Å². The van der Waals surface area contributed by atoms with Crippen molar-refractivity contribution < 1.29 is 9.90 Å². The summed E-state index contributed by atoms with van der Waals surface area (Å²) in [6.45, 7) is 0.513. The second-order valence-electron chi connectivity index (χ2n) is 4.66. The van der Waals surface area contributed by atoms with Crippen LogP contribution in [0.25, 0.3) is 0 Å². The molecular formula is C16H16BrNO2. The Balaban J connectivity index is 2.05. The van der Waals surface area contributed by atoms with E-state index in [2.05, 4.69) is 15.9 Å². The minimum absolute atomic E-state index is 0.0146. The molecule has 4 heteroatoms. The van der Waals surface area contributed by atoms with E-state index in [-0.39, 0.29) is 11.7 Å². The lowest BCUT2D eigenvalue weighted by atomic mass is 10.1. The Morgan fingerprint density at radius 1 is 1.05 bits per heavy atom. The van der Waals surface area contributed by atoms with E-state index in [1.807, 2.05) is 36.4 Å². The SMILES string of the molecule is CN(Cc1ccc(O)cc1)C(=O)c1ccc(CBr)cc1. The van der Waals surface area contributed by atoms with Crippen LogP contribution in [0.15, 0.2) is 48.5 Å². The third-order valence-electron chi connectivity index (χ3n) is 3.06. The van der Waals surface area contributed by atoms with Crippen LogP contribution in [0.4, 0.5) is 0 Å². The van der Waals surface area contributed by atoms with Gasteiger partial charge in [0.25, 0.3) is 5.91 Å². The largest absolute Gasteiger partial charge is 0.508 e. The minimum atomic E-state index is -0.0146. The summed E-state index contributed by atoms with van der Waals surface area (Å²) in [7, 11) is 1.77. The van der Waals surface area contributed by atoms with Gasteiger partial charge in [0, 0.05) is 24.5 Å². The highest BCUT2D eigenvalue weighted by Gasteiger charge is 2.11. The molecule has 3 nitrogen and oxygen atoms in total. The highest BCUT2D eigenvalue weighted by atomic mass is 79.9. The first-order valence-electron chi connectivity index (χ1n) is 6.28. The summed E-state index contributed by atoms with van der Waals surface area (Å²) in [6, 6.07) is 14.4. The maximum absolute atomic E-state index is 12.3. The predicted octanol–water partition coefficient (Wildman–Crippen LogP) is 3.56. The van der Waals surface area contributed by atoms with Crippen molar-refractivity contribution in [2.24, 2.45) is 0 Å². The van der Waals surface area contributed by atoms with Gasteiger partial charge in [0.1, 0.15) is 5.75 Å². The van der Waals surface area contributed by atoms with Gasteiger partial charge in [-0.2, -0.15) is 0 Å². The van der Waals surface area contributed by atoms with Crippen LogP contribution in [0, 0.1) is 0 Å². The number of halogens is 1. The molecule has 2 aromatic rings. The molecule has 0 aliphatic rings. The monoisotopic (exact) mass is 333 g/mol. The van der Waals surface area contributed by atoms with Gasteiger partial charge in [-0.15, -0.1) is 0 Å². The van der Waals surface area contributed by atoms with Gasteiger partial charge in [0.05, 0.1) is 0 Å². The number of carbonyl (C=O) groups is 1. The molecule has 2 aromatic carbocycles. The van der Waals surface area contributed by atoms with Crippen molar-refractivity contribution in [3.05, 3.63) is 65.2 Å². The second kappa shape index (κ2) is 6.57. The molecule has 2 rings (SSSR count). The summed E-state index contributed by atoms with van der Waals surface area (Å²) in [4.78, 5) is 13.9. The van der Waals surface area contributed by atoms with Crippen molar-refractivity contribution in [1.82, 2.24) is 4.90 Å². The number of carbonyl (C=O) groups excluding carboxylic acids is 1. The molecule has 0 unspecified atom stereocenters. The van der Waals surface area contributed by atoms with Gasteiger partial charge in [0.15, 0.2) is 0 Å². The summed E-state index contributed by atoms with van der Waals surface area (Å²) in [5.74, 6) is 0.215. The molecule has 0 saturated heterocycles. The lowest BCUT2D eigenvalue weighted by molar-refractivity contribution is 0.0785. The predicted molar refractivity (Wildman–Crippen MR) is 83.0 cm³/mol. The zero-order chi connectivity index (χ0) is 14.5. The molecule has 1 amide bonds. The quantitative estimate of drug-likeness (QED) is 0.869. The number of alkyl halides is 1. The lowest BCUT2D eigenvalue weighted by Gasteiger charge is -2.17. The fourth-order valence-electron chi connectivity index (χ4n) is 1.90. The Hall–Kier alpha value is -1.81. The van der Waals surface area contributed by atoms with Crippen molar-refractivity contribution >= 4 is 21.8 Å². The van der Waals surface area contributed by atoms with Gasteiger partial charge in [-0.25, -0.2) is 0 Å². The number of rotatable bonds is 4. The van der Waals surface area contributed by atoms with Crippen LogP contribution in [0.1, 0.15) is 21.5 Å². The minimum Gasteiger partial charge on any atom is -0.508 e. The topological polar surface area (TPSA) is 40.5 Å². The Kier molecular flexibility index (Phi) is 4.79. The van der Waals surface area contributed by atoms with Gasteiger partial charge in [-0.1, -0.05) is 40.2 Å². The molecule has 0 aromatic heterocycles. The zero-order valence-electron chi connectivity index (χ0n) is 11.2. The molecule has 0 spiro atoms.